The number of carbonyl (C=O) groups excluding carboxylic acids is 2. The Bertz CT molecular complexity index is 895. The zero-order valence-corrected chi connectivity index (χ0v) is 15.2. The maximum absolute atomic E-state index is 12.5. The van der Waals surface area contributed by atoms with Crippen LogP contribution in [0.3, 0.4) is 0 Å². The van der Waals surface area contributed by atoms with E-state index in [1.54, 1.807) is 24.3 Å². The molecule has 0 bridgehead atoms. The predicted octanol–water partition coefficient (Wildman–Crippen LogP) is 3.97. The SMILES string of the molecule is CCCOC(=O)C(=Cc1cccc([N+](=O)[O-])c1)NC(=O)c1ccccc1Cl. The number of nitro groups is 1. The van der Waals surface area contributed by atoms with Gasteiger partial charge in [0.25, 0.3) is 11.6 Å². The summed E-state index contributed by atoms with van der Waals surface area (Å²) < 4.78 is 5.08. The number of esters is 1. The molecular weight excluding hydrogens is 372 g/mol. The van der Waals surface area contributed by atoms with E-state index in [9.17, 15) is 19.7 Å². The minimum atomic E-state index is -0.747. The lowest BCUT2D eigenvalue weighted by molar-refractivity contribution is -0.384. The Hall–Kier alpha value is -3.19. The Kier molecular flexibility index (Phi) is 7.08. The molecule has 0 heterocycles. The number of carbonyl (C=O) groups is 2. The summed E-state index contributed by atoms with van der Waals surface area (Å²) >= 11 is 6.01. The molecule has 0 saturated carbocycles. The van der Waals surface area contributed by atoms with E-state index in [-0.39, 0.29) is 28.6 Å². The molecule has 0 fully saturated rings. The second-order valence-corrected chi connectivity index (χ2v) is 5.89. The molecule has 2 aromatic carbocycles. The zero-order chi connectivity index (χ0) is 19.8. The van der Waals surface area contributed by atoms with Gasteiger partial charge in [-0.2, -0.15) is 0 Å². The van der Waals surface area contributed by atoms with Crippen LogP contribution in [0.5, 0.6) is 0 Å². The maximum atomic E-state index is 12.5. The summed E-state index contributed by atoms with van der Waals surface area (Å²) in [6, 6.07) is 12.0. The molecule has 0 aliphatic heterocycles. The van der Waals surface area contributed by atoms with Crippen LogP contribution in [0.4, 0.5) is 5.69 Å². The van der Waals surface area contributed by atoms with E-state index < -0.39 is 16.8 Å². The van der Waals surface area contributed by atoms with Crippen molar-refractivity contribution >= 4 is 35.2 Å². The van der Waals surface area contributed by atoms with E-state index in [2.05, 4.69) is 5.32 Å². The number of ether oxygens (including phenoxy) is 1. The molecular formula is C19H17ClN2O5. The first-order valence-electron chi connectivity index (χ1n) is 8.11. The summed E-state index contributed by atoms with van der Waals surface area (Å²) in [4.78, 5) is 35.1. The molecule has 1 amide bonds. The number of rotatable bonds is 7. The molecule has 0 radical (unpaired) electrons. The van der Waals surface area contributed by atoms with Gasteiger partial charge in [0, 0.05) is 12.1 Å². The van der Waals surface area contributed by atoms with Gasteiger partial charge in [-0.25, -0.2) is 4.79 Å². The molecule has 0 aromatic heterocycles. The topological polar surface area (TPSA) is 98.5 Å². The van der Waals surface area contributed by atoms with Gasteiger partial charge >= 0.3 is 5.97 Å². The second kappa shape index (κ2) is 9.49. The number of hydrogen-bond acceptors (Lipinski definition) is 5. The van der Waals surface area contributed by atoms with E-state index in [1.807, 2.05) is 6.92 Å². The van der Waals surface area contributed by atoms with Crippen molar-refractivity contribution in [2.75, 3.05) is 6.61 Å². The summed E-state index contributed by atoms with van der Waals surface area (Å²) in [5, 5.41) is 13.6. The van der Waals surface area contributed by atoms with E-state index >= 15 is 0 Å². The van der Waals surface area contributed by atoms with Crippen molar-refractivity contribution in [2.24, 2.45) is 0 Å². The number of halogens is 1. The van der Waals surface area contributed by atoms with Crippen LogP contribution in [0.1, 0.15) is 29.3 Å². The summed E-state index contributed by atoms with van der Waals surface area (Å²) in [5.74, 6) is -1.34. The van der Waals surface area contributed by atoms with Crippen LogP contribution in [-0.4, -0.2) is 23.4 Å². The number of non-ortho nitro benzene ring substituents is 1. The first-order chi connectivity index (χ1) is 12.9. The Morgan fingerprint density at radius 2 is 1.96 bits per heavy atom. The molecule has 2 aromatic rings. The Balaban J connectivity index is 2.35. The van der Waals surface area contributed by atoms with Crippen molar-refractivity contribution in [3.8, 4) is 0 Å². The van der Waals surface area contributed by atoms with Gasteiger partial charge in [0.05, 0.1) is 22.1 Å². The van der Waals surface area contributed by atoms with Crippen molar-refractivity contribution in [2.45, 2.75) is 13.3 Å². The van der Waals surface area contributed by atoms with Gasteiger partial charge in [-0.05, 0) is 30.2 Å². The van der Waals surface area contributed by atoms with Crippen LogP contribution in [0.25, 0.3) is 6.08 Å². The van der Waals surface area contributed by atoms with Gasteiger partial charge in [0.2, 0.25) is 0 Å². The Morgan fingerprint density at radius 1 is 1.22 bits per heavy atom. The monoisotopic (exact) mass is 388 g/mol. The molecule has 8 heteroatoms. The highest BCUT2D eigenvalue weighted by Crippen LogP contribution is 2.18. The third-order valence-electron chi connectivity index (χ3n) is 3.42. The first kappa shape index (κ1) is 20.1. The van der Waals surface area contributed by atoms with Crippen molar-refractivity contribution in [3.63, 3.8) is 0 Å². The van der Waals surface area contributed by atoms with Gasteiger partial charge in [-0.3, -0.25) is 14.9 Å². The fourth-order valence-corrected chi connectivity index (χ4v) is 2.37. The fraction of sp³-hybridized carbons (Fsp3) is 0.158. The average Bonchev–Trinajstić information content (AvgIpc) is 2.66. The normalized spacial score (nSPS) is 11.0. The standard InChI is InChI=1S/C19H17ClN2O5/c1-2-10-27-19(24)17(12-13-6-5-7-14(11-13)22(25)26)21-18(23)15-8-3-4-9-16(15)20/h3-9,11-12H,2,10H2,1H3,(H,21,23). The molecule has 7 nitrogen and oxygen atoms in total. The fourth-order valence-electron chi connectivity index (χ4n) is 2.15. The van der Waals surface area contributed by atoms with Crippen molar-refractivity contribution < 1.29 is 19.2 Å². The molecule has 0 aliphatic carbocycles. The second-order valence-electron chi connectivity index (χ2n) is 5.48. The Morgan fingerprint density at radius 3 is 2.63 bits per heavy atom. The maximum Gasteiger partial charge on any atom is 0.354 e. The largest absolute Gasteiger partial charge is 0.461 e. The molecule has 140 valence electrons. The molecule has 1 N–H and O–H groups in total. The number of nitro benzene ring substituents is 1. The molecule has 0 unspecified atom stereocenters. The summed E-state index contributed by atoms with van der Waals surface area (Å²) in [5.41, 5.74) is 0.274. The number of hydrogen-bond donors (Lipinski definition) is 1. The van der Waals surface area contributed by atoms with Crippen molar-refractivity contribution in [1.29, 1.82) is 0 Å². The number of benzene rings is 2. The summed E-state index contributed by atoms with van der Waals surface area (Å²) in [7, 11) is 0. The highest BCUT2D eigenvalue weighted by molar-refractivity contribution is 6.34. The number of amides is 1. The van der Waals surface area contributed by atoms with E-state index in [4.69, 9.17) is 16.3 Å². The highest BCUT2D eigenvalue weighted by atomic mass is 35.5. The molecule has 0 aliphatic rings. The minimum Gasteiger partial charge on any atom is -0.461 e. The van der Waals surface area contributed by atoms with Crippen LogP contribution >= 0.6 is 11.6 Å². The molecule has 0 atom stereocenters. The van der Waals surface area contributed by atoms with E-state index in [0.29, 0.717) is 12.0 Å². The lowest BCUT2D eigenvalue weighted by Crippen LogP contribution is -2.28. The predicted molar refractivity (Wildman–Crippen MR) is 101 cm³/mol. The van der Waals surface area contributed by atoms with Crippen molar-refractivity contribution in [1.82, 2.24) is 5.32 Å². The summed E-state index contributed by atoms with van der Waals surface area (Å²) in [6.07, 6.45) is 1.92. The zero-order valence-electron chi connectivity index (χ0n) is 14.5. The lowest BCUT2D eigenvalue weighted by atomic mass is 10.1. The van der Waals surface area contributed by atoms with E-state index in [1.165, 1.54) is 30.3 Å². The third-order valence-corrected chi connectivity index (χ3v) is 3.75. The smallest absolute Gasteiger partial charge is 0.354 e. The van der Waals surface area contributed by atoms with Gasteiger partial charge in [-0.15, -0.1) is 0 Å². The average molecular weight is 389 g/mol. The van der Waals surface area contributed by atoms with Gasteiger partial charge in [0.15, 0.2) is 0 Å². The molecule has 0 spiro atoms. The van der Waals surface area contributed by atoms with Gasteiger partial charge < -0.3 is 10.1 Å². The van der Waals surface area contributed by atoms with Gasteiger partial charge in [0.1, 0.15) is 5.70 Å². The van der Waals surface area contributed by atoms with Crippen LogP contribution in [0.15, 0.2) is 54.2 Å². The number of nitrogens with one attached hydrogen (secondary N) is 1. The summed E-state index contributed by atoms with van der Waals surface area (Å²) in [6.45, 7) is 2.01. The van der Waals surface area contributed by atoms with E-state index in [0.717, 1.165) is 0 Å². The van der Waals surface area contributed by atoms with Crippen molar-refractivity contribution in [3.05, 3.63) is 80.5 Å². The van der Waals surface area contributed by atoms with Crippen LogP contribution in [-0.2, 0) is 9.53 Å². The minimum absolute atomic E-state index is 0.137. The van der Waals surface area contributed by atoms with Crippen LogP contribution < -0.4 is 5.32 Å². The van der Waals surface area contributed by atoms with Crippen LogP contribution in [0, 0.1) is 10.1 Å². The third kappa shape index (κ3) is 5.65. The number of nitrogens with zero attached hydrogens (tertiary/aromatic N) is 1. The molecule has 0 saturated heterocycles. The van der Waals surface area contributed by atoms with Gasteiger partial charge in [-0.1, -0.05) is 42.8 Å². The Labute approximate surface area is 160 Å². The van der Waals surface area contributed by atoms with Crippen LogP contribution in [0.2, 0.25) is 5.02 Å². The quantitative estimate of drug-likeness (QED) is 0.335. The highest BCUT2D eigenvalue weighted by Gasteiger charge is 2.18. The molecule has 2 rings (SSSR count). The molecule has 27 heavy (non-hydrogen) atoms. The lowest BCUT2D eigenvalue weighted by Gasteiger charge is -2.11. The first-order valence-corrected chi connectivity index (χ1v) is 8.49.